The Bertz CT molecular complexity index is 745. The standard InChI is InChI=1S/C18H18INO3/c1-22-16-9-12-7-8-20(11-13(12)10-17(16)23-2)18(21)14-5-3-4-6-15(14)19/h3-6,9-10H,7-8,11H2,1-2H3. The van der Waals surface area contributed by atoms with Gasteiger partial charge >= 0.3 is 0 Å². The topological polar surface area (TPSA) is 38.8 Å². The molecule has 1 aliphatic heterocycles. The van der Waals surface area contributed by atoms with Gasteiger partial charge in [0.15, 0.2) is 11.5 Å². The number of ether oxygens (including phenoxy) is 2. The summed E-state index contributed by atoms with van der Waals surface area (Å²) in [7, 11) is 3.27. The van der Waals surface area contributed by atoms with Crippen LogP contribution in [0.3, 0.4) is 0 Å². The first-order valence-electron chi connectivity index (χ1n) is 7.41. The molecule has 0 aromatic heterocycles. The Hall–Kier alpha value is -1.76. The molecule has 0 aliphatic carbocycles. The fraction of sp³-hybridized carbons (Fsp3) is 0.278. The van der Waals surface area contributed by atoms with E-state index >= 15 is 0 Å². The second-order valence-electron chi connectivity index (χ2n) is 5.43. The van der Waals surface area contributed by atoms with Crippen LogP contribution < -0.4 is 9.47 Å². The number of fused-ring (bicyclic) bond motifs is 1. The Morgan fingerprint density at radius 3 is 2.39 bits per heavy atom. The highest BCUT2D eigenvalue weighted by molar-refractivity contribution is 14.1. The Balaban J connectivity index is 1.88. The third-order valence-electron chi connectivity index (χ3n) is 4.11. The van der Waals surface area contributed by atoms with E-state index in [-0.39, 0.29) is 5.91 Å². The zero-order valence-corrected chi connectivity index (χ0v) is 15.3. The second-order valence-corrected chi connectivity index (χ2v) is 6.59. The molecule has 3 rings (SSSR count). The third-order valence-corrected chi connectivity index (χ3v) is 5.05. The van der Waals surface area contributed by atoms with Crippen LogP contribution in [0, 0.1) is 3.57 Å². The average molecular weight is 423 g/mol. The van der Waals surface area contributed by atoms with Crippen molar-refractivity contribution >= 4 is 28.5 Å². The van der Waals surface area contributed by atoms with Crippen molar-refractivity contribution in [1.29, 1.82) is 0 Å². The van der Waals surface area contributed by atoms with Crippen molar-refractivity contribution in [1.82, 2.24) is 4.90 Å². The number of carbonyl (C=O) groups is 1. The Morgan fingerprint density at radius 2 is 1.74 bits per heavy atom. The van der Waals surface area contributed by atoms with E-state index in [4.69, 9.17) is 9.47 Å². The molecule has 2 aromatic carbocycles. The van der Waals surface area contributed by atoms with Gasteiger partial charge in [-0.25, -0.2) is 0 Å². The van der Waals surface area contributed by atoms with Crippen LogP contribution >= 0.6 is 22.6 Å². The van der Waals surface area contributed by atoms with E-state index in [0.29, 0.717) is 18.8 Å². The molecular formula is C18H18INO3. The van der Waals surface area contributed by atoms with Gasteiger partial charge in [0, 0.05) is 16.7 Å². The maximum Gasteiger partial charge on any atom is 0.255 e. The fourth-order valence-electron chi connectivity index (χ4n) is 2.86. The summed E-state index contributed by atoms with van der Waals surface area (Å²) in [6.07, 6.45) is 0.824. The molecule has 1 amide bonds. The van der Waals surface area contributed by atoms with Crippen molar-refractivity contribution in [3.05, 3.63) is 56.7 Å². The van der Waals surface area contributed by atoms with Crippen molar-refractivity contribution in [2.75, 3.05) is 20.8 Å². The third kappa shape index (κ3) is 3.15. The second kappa shape index (κ2) is 6.78. The zero-order valence-electron chi connectivity index (χ0n) is 13.1. The summed E-state index contributed by atoms with van der Waals surface area (Å²) in [4.78, 5) is 14.7. The van der Waals surface area contributed by atoms with Crippen LogP contribution in [0.1, 0.15) is 21.5 Å². The van der Waals surface area contributed by atoms with E-state index in [9.17, 15) is 4.79 Å². The van der Waals surface area contributed by atoms with Crippen LogP contribution in [0.5, 0.6) is 11.5 Å². The molecule has 1 heterocycles. The first kappa shape index (κ1) is 16.1. The van der Waals surface area contributed by atoms with Crippen LogP contribution in [0.2, 0.25) is 0 Å². The highest BCUT2D eigenvalue weighted by Gasteiger charge is 2.24. The van der Waals surface area contributed by atoms with Crippen molar-refractivity contribution in [3.63, 3.8) is 0 Å². The summed E-state index contributed by atoms with van der Waals surface area (Å²) >= 11 is 2.21. The van der Waals surface area contributed by atoms with Crippen LogP contribution in [-0.2, 0) is 13.0 Å². The maximum absolute atomic E-state index is 12.8. The first-order chi connectivity index (χ1) is 11.1. The Labute approximate surface area is 149 Å². The molecule has 1 aliphatic rings. The monoisotopic (exact) mass is 423 g/mol. The van der Waals surface area contributed by atoms with E-state index in [1.165, 1.54) is 5.56 Å². The van der Waals surface area contributed by atoms with Crippen molar-refractivity contribution in [3.8, 4) is 11.5 Å². The highest BCUT2D eigenvalue weighted by atomic mass is 127. The minimum Gasteiger partial charge on any atom is -0.493 e. The number of halogens is 1. The molecule has 0 radical (unpaired) electrons. The minimum atomic E-state index is 0.0791. The molecule has 0 spiro atoms. The maximum atomic E-state index is 12.8. The van der Waals surface area contributed by atoms with Crippen molar-refractivity contribution in [2.45, 2.75) is 13.0 Å². The fourth-order valence-corrected chi connectivity index (χ4v) is 3.48. The minimum absolute atomic E-state index is 0.0791. The molecule has 0 saturated heterocycles. The molecule has 5 heteroatoms. The predicted molar refractivity (Wildman–Crippen MR) is 97.1 cm³/mol. The Kier molecular flexibility index (Phi) is 4.75. The summed E-state index contributed by atoms with van der Waals surface area (Å²) in [5.41, 5.74) is 3.10. The lowest BCUT2D eigenvalue weighted by molar-refractivity contribution is 0.0733. The number of hydrogen-bond donors (Lipinski definition) is 0. The van der Waals surface area contributed by atoms with Crippen LogP contribution in [0.25, 0.3) is 0 Å². The van der Waals surface area contributed by atoms with Gasteiger partial charge in [-0.1, -0.05) is 12.1 Å². The molecule has 4 nitrogen and oxygen atoms in total. The lowest BCUT2D eigenvalue weighted by atomic mass is 9.98. The molecule has 0 N–H and O–H groups in total. The molecule has 0 saturated carbocycles. The highest BCUT2D eigenvalue weighted by Crippen LogP contribution is 2.33. The van der Waals surface area contributed by atoms with Crippen molar-refractivity contribution < 1.29 is 14.3 Å². The molecule has 120 valence electrons. The number of carbonyl (C=O) groups excluding carboxylic acids is 1. The lowest BCUT2D eigenvalue weighted by Crippen LogP contribution is -2.36. The smallest absolute Gasteiger partial charge is 0.255 e. The quantitative estimate of drug-likeness (QED) is 0.710. The summed E-state index contributed by atoms with van der Waals surface area (Å²) in [5.74, 6) is 1.52. The predicted octanol–water partition coefficient (Wildman–Crippen LogP) is 3.51. The van der Waals surface area contributed by atoms with Crippen molar-refractivity contribution in [2.24, 2.45) is 0 Å². The van der Waals surface area contributed by atoms with Gasteiger partial charge in [-0.3, -0.25) is 4.79 Å². The van der Waals surface area contributed by atoms with Gasteiger partial charge < -0.3 is 14.4 Å². The lowest BCUT2D eigenvalue weighted by Gasteiger charge is -2.30. The average Bonchev–Trinajstić information content (AvgIpc) is 2.59. The molecular weight excluding hydrogens is 405 g/mol. The van der Waals surface area contributed by atoms with E-state index in [1.54, 1.807) is 14.2 Å². The summed E-state index contributed by atoms with van der Waals surface area (Å²) in [6, 6.07) is 11.7. The first-order valence-corrected chi connectivity index (χ1v) is 8.49. The number of rotatable bonds is 3. The molecule has 0 unspecified atom stereocenters. The largest absolute Gasteiger partial charge is 0.493 e. The van der Waals surface area contributed by atoms with Gasteiger partial charge in [-0.2, -0.15) is 0 Å². The number of benzene rings is 2. The summed E-state index contributed by atoms with van der Waals surface area (Å²) in [5, 5.41) is 0. The van der Waals surface area contributed by atoms with Gasteiger partial charge in [0.2, 0.25) is 0 Å². The van der Waals surface area contributed by atoms with E-state index < -0.39 is 0 Å². The SMILES string of the molecule is COc1cc2c(cc1OC)CN(C(=O)c1ccccc1I)CC2. The van der Waals surface area contributed by atoms with E-state index in [0.717, 1.165) is 26.9 Å². The van der Waals surface area contributed by atoms with E-state index in [1.807, 2.05) is 41.3 Å². The van der Waals surface area contributed by atoms with Gasteiger partial charge in [0.25, 0.3) is 5.91 Å². The zero-order chi connectivity index (χ0) is 16.4. The molecule has 2 aromatic rings. The van der Waals surface area contributed by atoms with Crippen LogP contribution in [0.15, 0.2) is 36.4 Å². The van der Waals surface area contributed by atoms with Gasteiger partial charge in [0.05, 0.1) is 19.8 Å². The number of methoxy groups -OCH3 is 2. The molecule has 0 bridgehead atoms. The summed E-state index contributed by atoms with van der Waals surface area (Å²) in [6.45, 7) is 1.31. The van der Waals surface area contributed by atoms with Crippen LogP contribution in [0.4, 0.5) is 0 Å². The molecule has 0 fully saturated rings. The number of nitrogens with zero attached hydrogens (tertiary/aromatic N) is 1. The van der Waals surface area contributed by atoms with Gasteiger partial charge in [-0.05, 0) is 64.4 Å². The van der Waals surface area contributed by atoms with Gasteiger partial charge in [0.1, 0.15) is 0 Å². The number of hydrogen-bond acceptors (Lipinski definition) is 3. The van der Waals surface area contributed by atoms with Gasteiger partial charge in [-0.15, -0.1) is 0 Å². The molecule has 23 heavy (non-hydrogen) atoms. The Morgan fingerprint density at radius 1 is 1.09 bits per heavy atom. The summed E-state index contributed by atoms with van der Waals surface area (Å²) < 4.78 is 11.7. The number of amides is 1. The van der Waals surface area contributed by atoms with Crippen LogP contribution in [-0.4, -0.2) is 31.6 Å². The normalized spacial score (nSPS) is 13.4. The molecule has 0 atom stereocenters. The van der Waals surface area contributed by atoms with E-state index in [2.05, 4.69) is 22.6 Å².